The molecule has 1 aromatic carbocycles. The summed E-state index contributed by atoms with van der Waals surface area (Å²) < 4.78 is 0. The minimum absolute atomic E-state index is 0.191. The zero-order valence-corrected chi connectivity index (χ0v) is 9.29. The highest BCUT2D eigenvalue weighted by Crippen LogP contribution is 2.14. The summed E-state index contributed by atoms with van der Waals surface area (Å²) >= 11 is 1.66. The zero-order chi connectivity index (χ0) is 11.4. The van der Waals surface area contributed by atoms with Gasteiger partial charge in [0.15, 0.2) is 0 Å². The van der Waals surface area contributed by atoms with Crippen molar-refractivity contribution in [3.05, 3.63) is 52.2 Å². The smallest absolute Gasteiger partial charge is 0.0716 e. The third-order valence-corrected chi connectivity index (χ3v) is 3.02. The monoisotopic (exact) mass is 232 g/mol. The van der Waals surface area contributed by atoms with E-state index in [-0.39, 0.29) is 5.56 Å². The Kier molecular flexibility index (Phi) is 3.22. The number of thiophene rings is 1. The molecular formula is C12H10NO2S-. The van der Waals surface area contributed by atoms with Gasteiger partial charge in [0.2, 0.25) is 0 Å². The molecular weight excluding hydrogens is 222 g/mol. The fraction of sp³-hybridized carbons (Fsp3) is 0.0833. The predicted octanol–water partition coefficient (Wildman–Crippen LogP) is 1.72. The van der Waals surface area contributed by atoms with Crippen molar-refractivity contribution in [3.8, 4) is 0 Å². The Morgan fingerprint density at radius 2 is 2.19 bits per heavy atom. The van der Waals surface area contributed by atoms with Gasteiger partial charge in [-0.05, 0) is 29.1 Å². The molecule has 0 saturated heterocycles. The molecule has 0 amide bonds. The highest BCUT2D eigenvalue weighted by Gasteiger charge is 1.97. The van der Waals surface area contributed by atoms with Gasteiger partial charge in [-0.25, -0.2) is 0 Å². The van der Waals surface area contributed by atoms with Crippen LogP contribution < -0.4 is 10.4 Å². The lowest BCUT2D eigenvalue weighted by Crippen LogP contribution is -2.22. The number of hydrogen-bond donors (Lipinski definition) is 1. The number of carboxylic acids is 1. The van der Waals surface area contributed by atoms with Gasteiger partial charge in [-0.3, -0.25) is 0 Å². The normalized spacial score (nSPS) is 10.0. The van der Waals surface area contributed by atoms with Crippen molar-refractivity contribution >= 4 is 23.0 Å². The number of nitrogens with one attached hydrogen (secondary N) is 1. The standard InChI is InChI=1S/C12H11NO2S/c14-12(15)9-3-1-4-10(7-9)13-8-11-5-2-6-16-11/h1-7,13H,8H2,(H,14,15)/p-1. The molecule has 0 unspecified atom stereocenters. The van der Waals surface area contributed by atoms with Crippen LogP contribution in [-0.2, 0) is 6.54 Å². The largest absolute Gasteiger partial charge is 0.545 e. The average molecular weight is 232 g/mol. The van der Waals surface area contributed by atoms with Crippen molar-refractivity contribution in [1.29, 1.82) is 0 Å². The van der Waals surface area contributed by atoms with Gasteiger partial charge in [0, 0.05) is 17.1 Å². The number of anilines is 1. The fourth-order valence-electron chi connectivity index (χ4n) is 1.36. The number of carbonyl (C=O) groups is 1. The highest BCUT2D eigenvalue weighted by molar-refractivity contribution is 7.09. The molecule has 0 atom stereocenters. The molecule has 2 aromatic rings. The van der Waals surface area contributed by atoms with E-state index >= 15 is 0 Å². The first-order chi connectivity index (χ1) is 7.75. The summed E-state index contributed by atoms with van der Waals surface area (Å²) in [6, 6.07) is 10.6. The van der Waals surface area contributed by atoms with Gasteiger partial charge in [-0.1, -0.05) is 18.2 Å². The maximum absolute atomic E-state index is 10.6. The molecule has 1 N–H and O–H groups in total. The molecule has 0 saturated carbocycles. The molecule has 0 spiro atoms. The zero-order valence-electron chi connectivity index (χ0n) is 8.47. The van der Waals surface area contributed by atoms with Crippen molar-refractivity contribution in [3.63, 3.8) is 0 Å². The molecule has 1 aromatic heterocycles. The Bertz CT molecular complexity index is 480. The van der Waals surface area contributed by atoms with Crippen LogP contribution in [0.4, 0.5) is 5.69 Å². The lowest BCUT2D eigenvalue weighted by atomic mass is 10.2. The Balaban J connectivity index is 2.04. The number of hydrogen-bond acceptors (Lipinski definition) is 4. The quantitative estimate of drug-likeness (QED) is 0.873. The van der Waals surface area contributed by atoms with Crippen molar-refractivity contribution in [1.82, 2.24) is 0 Å². The molecule has 0 aliphatic rings. The van der Waals surface area contributed by atoms with E-state index < -0.39 is 5.97 Å². The Morgan fingerprint density at radius 3 is 2.88 bits per heavy atom. The molecule has 82 valence electrons. The third kappa shape index (κ3) is 2.61. The van der Waals surface area contributed by atoms with Gasteiger partial charge < -0.3 is 15.2 Å². The van der Waals surface area contributed by atoms with Gasteiger partial charge in [-0.2, -0.15) is 0 Å². The van der Waals surface area contributed by atoms with Crippen LogP contribution in [0, 0.1) is 0 Å². The topological polar surface area (TPSA) is 52.2 Å². The molecule has 0 aliphatic carbocycles. The molecule has 1 heterocycles. The van der Waals surface area contributed by atoms with Crippen molar-refractivity contribution in [2.24, 2.45) is 0 Å². The summed E-state index contributed by atoms with van der Waals surface area (Å²) in [5.41, 5.74) is 0.978. The molecule has 0 fully saturated rings. The second-order valence-electron chi connectivity index (χ2n) is 3.30. The Labute approximate surface area is 97.4 Å². The third-order valence-electron chi connectivity index (χ3n) is 2.15. The number of rotatable bonds is 4. The van der Waals surface area contributed by atoms with E-state index in [2.05, 4.69) is 5.32 Å². The molecule has 0 aliphatic heterocycles. The first-order valence-electron chi connectivity index (χ1n) is 4.83. The van der Waals surface area contributed by atoms with E-state index in [1.165, 1.54) is 10.9 Å². The summed E-state index contributed by atoms with van der Waals surface area (Å²) in [7, 11) is 0. The van der Waals surface area contributed by atoms with Crippen molar-refractivity contribution in [2.75, 3.05) is 5.32 Å². The van der Waals surface area contributed by atoms with Crippen molar-refractivity contribution < 1.29 is 9.90 Å². The number of carbonyl (C=O) groups excluding carboxylic acids is 1. The van der Waals surface area contributed by atoms with E-state index in [4.69, 9.17) is 0 Å². The van der Waals surface area contributed by atoms with Crippen LogP contribution in [0.25, 0.3) is 0 Å². The van der Waals surface area contributed by atoms with Crippen LogP contribution in [0.2, 0.25) is 0 Å². The predicted molar refractivity (Wildman–Crippen MR) is 62.4 cm³/mol. The van der Waals surface area contributed by atoms with E-state index in [0.717, 1.165) is 5.69 Å². The van der Waals surface area contributed by atoms with Gasteiger partial charge >= 0.3 is 0 Å². The summed E-state index contributed by atoms with van der Waals surface area (Å²) in [6.45, 7) is 0.703. The van der Waals surface area contributed by atoms with Crippen LogP contribution in [-0.4, -0.2) is 5.97 Å². The van der Waals surface area contributed by atoms with E-state index in [1.807, 2.05) is 23.6 Å². The van der Waals surface area contributed by atoms with Crippen LogP contribution in [0.5, 0.6) is 0 Å². The number of aromatic carboxylic acids is 1. The first kappa shape index (κ1) is 10.7. The Hall–Kier alpha value is -1.81. The minimum atomic E-state index is -1.15. The SMILES string of the molecule is O=C([O-])c1cccc(NCc2cccs2)c1. The summed E-state index contributed by atoms with van der Waals surface area (Å²) in [6.07, 6.45) is 0. The average Bonchev–Trinajstić information content (AvgIpc) is 2.79. The summed E-state index contributed by atoms with van der Waals surface area (Å²) in [4.78, 5) is 11.9. The van der Waals surface area contributed by atoms with Crippen LogP contribution in [0.3, 0.4) is 0 Å². The minimum Gasteiger partial charge on any atom is -0.545 e. The second kappa shape index (κ2) is 4.81. The lowest BCUT2D eigenvalue weighted by molar-refractivity contribution is -0.255. The first-order valence-corrected chi connectivity index (χ1v) is 5.71. The molecule has 4 heteroatoms. The van der Waals surface area contributed by atoms with Crippen LogP contribution in [0.1, 0.15) is 15.2 Å². The van der Waals surface area contributed by atoms with E-state index in [1.54, 1.807) is 23.5 Å². The van der Waals surface area contributed by atoms with Gasteiger partial charge in [0.25, 0.3) is 0 Å². The highest BCUT2D eigenvalue weighted by atomic mass is 32.1. The van der Waals surface area contributed by atoms with Gasteiger partial charge in [0.1, 0.15) is 0 Å². The fourth-order valence-corrected chi connectivity index (χ4v) is 2.00. The maximum atomic E-state index is 10.6. The number of carboxylic acid groups (broad SMARTS) is 1. The lowest BCUT2D eigenvalue weighted by Gasteiger charge is -2.07. The van der Waals surface area contributed by atoms with E-state index in [9.17, 15) is 9.90 Å². The molecule has 16 heavy (non-hydrogen) atoms. The number of benzene rings is 1. The van der Waals surface area contributed by atoms with Crippen LogP contribution in [0.15, 0.2) is 41.8 Å². The summed E-state index contributed by atoms with van der Waals surface area (Å²) in [5, 5.41) is 15.8. The van der Waals surface area contributed by atoms with Crippen molar-refractivity contribution in [2.45, 2.75) is 6.54 Å². The molecule has 0 radical (unpaired) electrons. The molecule has 2 rings (SSSR count). The van der Waals surface area contributed by atoms with Crippen LogP contribution >= 0.6 is 11.3 Å². The molecule has 0 bridgehead atoms. The summed E-state index contributed by atoms with van der Waals surface area (Å²) in [5.74, 6) is -1.15. The Morgan fingerprint density at radius 1 is 1.31 bits per heavy atom. The second-order valence-corrected chi connectivity index (χ2v) is 4.33. The van der Waals surface area contributed by atoms with Gasteiger partial charge in [-0.15, -0.1) is 11.3 Å². The van der Waals surface area contributed by atoms with Gasteiger partial charge in [0.05, 0.1) is 5.97 Å². The van der Waals surface area contributed by atoms with E-state index in [0.29, 0.717) is 6.54 Å². The molecule has 3 nitrogen and oxygen atoms in total. The maximum Gasteiger partial charge on any atom is 0.0716 e.